The molecule has 5 nitrogen and oxygen atoms in total. The molecular weight excluding hydrogens is 266 g/mol. The first kappa shape index (κ1) is 15.7. The average Bonchev–Trinajstić information content (AvgIpc) is 2.92. The van der Waals surface area contributed by atoms with E-state index in [1.807, 2.05) is 32.9 Å². The number of hydrogen-bond acceptors (Lipinski definition) is 5. The topological polar surface area (TPSA) is 74.2 Å². The molecule has 0 radical (unpaired) electrons. The molecule has 0 aliphatic carbocycles. The third kappa shape index (κ3) is 3.68. The Morgan fingerprint density at radius 2 is 2.10 bits per heavy atom. The van der Waals surface area contributed by atoms with Crippen molar-refractivity contribution < 1.29 is 9.26 Å². The summed E-state index contributed by atoms with van der Waals surface area (Å²) in [4.78, 5) is 4.45. The summed E-state index contributed by atoms with van der Waals surface area (Å²) >= 11 is 0. The second-order valence-corrected chi connectivity index (χ2v) is 5.71. The van der Waals surface area contributed by atoms with E-state index in [0.717, 1.165) is 23.1 Å². The number of nitrogens with zero attached hydrogens (tertiary/aromatic N) is 2. The Hall–Kier alpha value is -1.72. The highest BCUT2D eigenvalue weighted by atomic mass is 16.5. The summed E-state index contributed by atoms with van der Waals surface area (Å²) in [6, 6.07) is 6.14. The van der Waals surface area contributed by atoms with E-state index in [1.54, 1.807) is 0 Å². The van der Waals surface area contributed by atoms with Crippen LogP contribution < -0.4 is 5.73 Å². The molecule has 0 aliphatic rings. The van der Waals surface area contributed by atoms with Crippen LogP contribution in [0, 0.1) is 13.8 Å². The first-order valence-electron chi connectivity index (χ1n) is 7.22. The van der Waals surface area contributed by atoms with Gasteiger partial charge in [0.2, 0.25) is 0 Å². The molecule has 21 heavy (non-hydrogen) atoms. The fourth-order valence-electron chi connectivity index (χ4n) is 2.02. The number of benzene rings is 1. The molecular formula is C16H23N3O2. The first-order valence-corrected chi connectivity index (χ1v) is 7.22. The van der Waals surface area contributed by atoms with Crippen LogP contribution in [-0.2, 0) is 10.3 Å². The van der Waals surface area contributed by atoms with E-state index in [-0.39, 0.29) is 0 Å². The zero-order valence-electron chi connectivity index (χ0n) is 13.1. The number of rotatable bonds is 6. The Kier molecular flexibility index (Phi) is 4.75. The Morgan fingerprint density at radius 3 is 2.81 bits per heavy atom. The lowest BCUT2D eigenvalue weighted by Crippen LogP contribution is -2.39. The predicted octanol–water partition coefficient (Wildman–Crippen LogP) is 2.95. The summed E-state index contributed by atoms with van der Waals surface area (Å²) in [6.07, 6.45) is 0.954. The standard InChI is InChI=1S/C16H23N3O2/c1-5-8-20-10-16(4,17)15-18-14(21-19-15)13-9-11(2)6-7-12(13)3/h6-7,9H,5,8,10,17H2,1-4H3. The summed E-state index contributed by atoms with van der Waals surface area (Å²) in [5, 5.41) is 4.02. The molecule has 0 saturated heterocycles. The highest BCUT2D eigenvalue weighted by Gasteiger charge is 2.28. The summed E-state index contributed by atoms with van der Waals surface area (Å²) in [7, 11) is 0. The lowest BCUT2D eigenvalue weighted by molar-refractivity contribution is 0.0867. The van der Waals surface area contributed by atoms with Gasteiger partial charge < -0.3 is 15.0 Å². The maximum Gasteiger partial charge on any atom is 0.258 e. The molecule has 1 atom stereocenters. The van der Waals surface area contributed by atoms with Gasteiger partial charge in [-0.15, -0.1) is 0 Å². The minimum Gasteiger partial charge on any atom is -0.379 e. The van der Waals surface area contributed by atoms with Crippen molar-refractivity contribution >= 4 is 0 Å². The largest absolute Gasteiger partial charge is 0.379 e. The SMILES string of the molecule is CCCOCC(C)(N)c1noc(-c2cc(C)ccc2C)n1. The van der Waals surface area contributed by atoms with Crippen molar-refractivity contribution in [3.8, 4) is 11.5 Å². The molecule has 2 aromatic rings. The number of aromatic nitrogens is 2. The van der Waals surface area contributed by atoms with Crippen molar-refractivity contribution in [3.63, 3.8) is 0 Å². The van der Waals surface area contributed by atoms with Crippen LogP contribution in [0.25, 0.3) is 11.5 Å². The van der Waals surface area contributed by atoms with Gasteiger partial charge in [-0.25, -0.2) is 0 Å². The van der Waals surface area contributed by atoms with Gasteiger partial charge in [0.05, 0.1) is 6.61 Å². The van der Waals surface area contributed by atoms with Gasteiger partial charge >= 0.3 is 0 Å². The van der Waals surface area contributed by atoms with E-state index >= 15 is 0 Å². The van der Waals surface area contributed by atoms with Crippen LogP contribution in [0.5, 0.6) is 0 Å². The lowest BCUT2D eigenvalue weighted by atomic mass is 10.0. The lowest BCUT2D eigenvalue weighted by Gasteiger charge is -2.19. The van der Waals surface area contributed by atoms with E-state index in [4.69, 9.17) is 15.0 Å². The molecule has 2 N–H and O–H groups in total. The van der Waals surface area contributed by atoms with Crippen LogP contribution in [0.2, 0.25) is 0 Å². The Balaban J connectivity index is 2.23. The van der Waals surface area contributed by atoms with Crippen LogP contribution in [0.1, 0.15) is 37.2 Å². The maximum atomic E-state index is 6.23. The number of nitrogens with two attached hydrogens (primary N) is 1. The molecule has 0 bridgehead atoms. The average molecular weight is 289 g/mol. The van der Waals surface area contributed by atoms with Gasteiger partial charge in [0.15, 0.2) is 5.82 Å². The molecule has 2 rings (SSSR count). The monoisotopic (exact) mass is 289 g/mol. The Labute approximate surface area is 125 Å². The summed E-state index contributed by atoms with van der Waals surface area (Å²) in [5.74, 6) is 0.966. The maximum absolute atomic E-state index is 6.23. The van der Waals surface area contributed by atoms with Crippen molar-refractivity contribution in [2.45, 2.75) is 39.7 Å². The summed E-state index contributed by atoms with van der Waals surface area (Å²) < 4.78 is 10.9. The van der Waals surface area contributed by atoms with Crippen molar-refractivity contribution in [1.82, 2.24) is 10.1 Å². The fourth-order valence-corrected chi connectivity index (χ4v) is 2.02. The van der Waals surface area contributed by atoms with Crippen molar-refractivity contribution in [2.24, 2.45) is 5.73 Å². The molecule has 0 fully saturated rings. The molecule has 0 spiro atoms. The first-order chi connectivity index (χ1) is 9.94. The molecule has 0 aliphatic heterocycles. The van der Waals surface area contributed by atoms with Gasteiger partial charge in [-0.05, 0) is 38.8 Å². The highest BCUT2D eigenvalue weighted by Crippen LogP contribution is 2.25. The number of hydrogen-bond donors (Lipinski definition) is 1. The van der Waals surface area contributed by atoms with E-state index in [2.05, 4.69) is 23.1 Å². The van der Waals surface area contributed by atoms with E-state index in [9.17, 15) is 0 Å². The second-order valence-electron chi connectivity index (χ2n) is 5.71. The van der Waals surface area contributed by atoms with Crippen molar-refractivity contribution in [1.29, 1.82) is 0 Å². The molecule has 1 aromatic heterocycles. The molecule has 0 saturated carbocycles. The van der Waals surface area contributed by atoms with Crippen LogP contribution in [0.4, 0.5) is 0 Å². The van der Waals surface area contributed by atoms with Gasteiger partial charge in [0, 0.05) is 12.2 Å². The number of aryl methyl sites for hydroxylation is 2. The van der Waals surface area contributed by atoms with Gasteiger partial charge in [-0.2, -0.15) is 4.98 Å². The van der Waals surface area contributed by atoms with Crippen LogP contribution >= 0.6 is 0 Å². The zero-order valence-corrected chi connectivity index (χ0v) is 13.1. The fraction of sp³-hybridized carbons (Fsp3) is 0.500. The number of ether oxygens (including phenoxy) is 1. The molecule has 1 unspecified atom stereocenters. The van der Waals surface area contributed by atoms with Gasteiger partial charge in [0.25, 0.3) is 5.89 Å². The van der Waals surface area contributed by atoms with Crippen LogP contribution in [0.15, 0.2) is 22.7 Å². The molecule has 5 heteroatoms. The molecule has 1 aromatic carbocycles. The van der Waals surface area contributed by atoms with Crippen molar-refractivity contribution in [3.05, 3.63) is 35.2 Å². The molecule has 114 valence electrons. The van der Waals surface area contributed by atoms with E-state index < -0.39 is 5.54 Å². The third-order valence-electron chi connectivity index (χ3n) is 3.31. The van der Waals surface area contributed by atoms with Gasteiger partial charge in [-0.1, -0.05) is 29.8 Å². The zero-order chi connectivity index (χ0) is 15.5. The van der Waals surface area contributed by atoms with Crippen LogP contribution in [0.3, 0.4) is 0 Å². The van der Waals surface area contributed by atoms with Gasteiger partial charge in [-0.3, -0.25) is 0 Å². The quantitative estimate of drug-likeness (QED) is 0.828. The van der Waals surface area contributed by atoms with Crippen molar-refractivity contribution in [2.75, 3.05) is 13.2 Å². The summed E-state index contributed by atoms with van der Waals surface area (Å²) in [5.41, 5.74) is 8.66. The molecule has 0 amide bonds. The molecule has 1 heterocycles. The normalized spacial score (nSPS) is 14.1. The van der Waals surface area contributed by atoms with E-state index in [1.165, 1.54) is 0 Å². The smallest absolute Gasteiger partial charge is 0.258 e. The predicted molar refractivity (Wildman–Crippen MR) is 81.9 cm³/mol. The minimum atomic E-state index is -0.755. The summed E-state index contributed by atoms with van der Waals surface area (Å²) in [6.45, 7) is 9.00. The third-order valence-corrected chi connectivity index (χ3v) is 3.31. The highest BCUT2D eigenvalue weighted by molar-refractivity contribution is 5.59. The van der Waals surface area contributed by atoms with Crippen LogP contribution in [-0.4, -0.2) is 23.4 Å². The second kappa shape index (κ2) is 6.37. The van der Waals surface area contributed by atoms with Gasteiger partial charge in [0.1, 0.15) is 5.54 Å². The van der Waals surface area contributed by atoms with E-state index in [0.29, 0.717) is 24.9 Å². The minimum absolute atomic E-state index is 0.368. The Morgan fingerprint density at radius 1 is 1.33 bits per heavy atom. The Bertz CT molecular complexity index is 605.